The molecule has 1 atom stereocenters. The highest BCUT2D eigenvalue weighted by atomic mass is 16.1. The van der Waals surface area contributed by atoms with Gasteiger partial charge in [-0.3, -0.25) is 9.78 Å². The molecule has 0 spiro atoms. The highest BCUT2D eigenvalue weighted by Gasteiger charge is 2.19. The summed E-state index contributed by atoms with van der Waals surface area (Å²) >= 11 is 0. The number of pyridine rings is 1. The Labute approximate surface area is 138 Å². The summed E-state index contributed by atoms with van der Waals surface area (Å²) in [5.74, 6) is 0.764. The largest absolute Gasteiger partial charge is 0.350 e. The van der Waals surface area contributed by atoms with Crippen LogP contribution in [-0.4, -0.2) is 10.9 Å². The lowest BCUT2D eigenvalue weighted by Crippen LogP contribution is -2.28. The van der Waals surface area contributed by atoms with Crippen molar-refractivity contribution in [1.82, 2.24) is 10.3 Å². The predicted molar refractivity (Wildman–Crippen MR) is 92.8 cm³/mol. The molecule has 0 saturated heterocycles. The van der Waals surface area contributed by atoms with Gasteiger partial charge in [-0.25, -0.2) is 0 Å². The number of nitrogens with one attached hydrogen (secondary N) is 1. The molecular weight excluding hydrogens is 284 g/mol. The van der Waals surface area contributed by atoms with Crippen LogP contribution in [0.25, 0.3) is 11.1 Å². The van der Waals surface area contributed by atoms with E-state index in [1.54, 1.807) is 6.20 Å². The molecule has 1 aromatic heterocycles. The van der Waals surface area contributed by atoms with Gasteiger partial charge < -0.3 is 5.32 Å². The van der Waals surface area contributed by atoms with Crippen molar-refractivity contribution >= 4 is 5.91 Å². The quantitative estimate of drug-likeness (QED) is 0.883. The van der Waals surface area contributed by atoms with Crippen LogP contribution in [0.15, 0.2) is 48.8 Å². The summed E-state index contributed by atoms with van der Waals surface area (Å²) in [7, 11) is 0. The van der Waals surface area contributed by atoms with E-state index in [0.29, 0.717) is 12.3 Å². The van der Waals surface area contributed by atoms with E-state index in [2.05, 4.69) is 41.5 Å². The molecule has 1 saturated carbocycles. The van der Waals surface area contributed by atoms with Gasteiger partial charge in [0.15, 0.2) is 0 Å². The molecule has 3 nitrogen and oxygen atoms in total. The minimum absolute atomic E-state index is 0.0283. The molecule has 3 rings (SSSR count). The van der Waals surface area contributed by atoms with E-state index in [4.69, 9.17) is 0 Å². The molecule has 1 aliphatic carbocycles. The lowest BCUT2D eigenvalue weighted by Gasteiger charge is -2.17. The Bertz CT molecular complexity index is 648. The first-order valence-corrected chi connectivity index (χ1v) is 8.52. The molecule has 1 N–H and O–H groups in total. The second kappa shape index (κ2) is 7.40. The van der Waals surface area contributed by atoms with E-state index in [1.165, 1.54) is 25.7 Å². The number of benzene rings is 1. The summed E-state index contributed by atoms with van der Waals surface area (Å²) in [6.45, 7) is 2.05. The van der Waals surface area contributed by atoms with Crippen molar-refractivity contribution in [1.29, 1.82) is 0 Å². The minimum Gasteiger partial charge on any atom is -0.350 e. The Morgan fingerprint density at radius 1 is 1.22 bits per heavy atom. The van der Waals surface area contributed by atoms with Crippen LogP contribution in [-0.2, 0) is 4.79 Å². The molecule has 0 aliphatic heterocycles. The van der Waals surface area contributed by atoms with Crippen molar-refractivity contribution in [3.05, 3.63) is 54.4 Å². The highest BCUT2D eigenvalue weighted by molar-refractivity contribution is 5.76. The second-order valence-electron chi connectivity index (χ2n) is 6.51. The lowest BCUT2D eigenvalue weighted by atomic mass is 10.00. The number of carbonyl (C=O) groups excluding carboxylic acids is 1. The van der Waals surface area contributed by atoms with Gasteiger partial charge in [0.25, 0.3) is 0 Å². The monoisotopic (exact) mass is 308 g/mol. The van der Waals surface area contributed by atoms with E-state index < -0.39 is 0 Å². The Kier molecular flexibility index (Phi) is 5.06. The number of nitrogens with zero attached hydrogens (tertiary/aromatic N) is 1. The van der Waals surface area contributed by atoms with Crippen LogP contribution >= 0.6 is 0 Å². The molecule has 1 heterocycles. The Morgan fingerprint density at radius 2 is 2.00 bits per heavy atom. The van der Waals surface area contributed by atoms with E-state index >= 15 is 0 Å². The zero-order valence-corrected chi connectivity index (χ0v) is 13.7. The van der Waals surface area contributed by atoms with Gasteiger partial charge in [-0.2, -0.15) is 0 Å². The van der Waals surface area contributed by atoms with Gasteiger partial charge in [0.2, 0.25) is 5.91 Å². The molecule has 0 bridgehead atoms. The first kappa shape index (κ1) is 15.7. The predicted octanol–water partition coefficient (Wildman–Crippen LogP) is 4.51. The molecule has 23 heavy (non-hydrogen) atoms. The first-order valence-electron chi connectivity index (χ1n) is 8.52. The molecule has 1 aromatic carbocycles. The fraction of sp³-hybridized carbons (Fsp3) is 0.400. The summed E-state index contributed by atoms with van der Waals surface area (Å²) in [6.07, 6.45) is 9.28. The average Bonchev–Trinajstić information content (AvgIpc) is 3.08. The lowest BCUT2D eigenvalue weighted by molar-refractivity contribution is -0.122. The van der Waals surface area contributed by atoms with Crippen molar-refractivity contribution in [2.75, 3.05) is 0 Å². The fourth-order valence-corrected chi connectivity index (χ4v) is 3.38. The summed E-state index contributed by atoms with van der Waals surface area (Å²) in [6, 6.07) is 12.3. The summed E-state index contributed by atoms with van der Waals surface area (Å²) in [5, 5.41) is 3.15. The molecule has 1 unspecified atom stereocenters. The van der Waals surface area contributed by atoms with Crippen molar-refractivity contribution in [2.24, 2.45) is 5.92 Å². The van der Waals surface area contributed by atoms with Crippen LogP contribution in [0.3, 0.4) is 0 Å². The van der Waals surface area contributed by atoms with Crippen molar-refractivity contribution in [2.45, 2.75) is 45.1 Å². The van der Waals surface area contributed by atoms with Gasteiger partial charge in [-0.1, -0.05) is 37.1 Å². The maximum absolute atomic E-state index is 12.2. The Balaban J connectivity index is 1.65. The molecule has 0 radical (unpaired) electrons. The topological polar surface area (TPSA) is 42.0 Å². The number of hydrogen-bond acceptors (Lipinski definition) is 2. The van der Waals surface area contributed by atoms with Gasteiger partial charge in [-0.15, -0.1) is 0 Å². The van der Waals surface area contributed by atoms with Crippen LogP contribution in [0, 0.1) is 5.92 Å². The van der Waals surface area contributed by atoms with E-state index in [0.717, 1.165) is 16.7 Å². The summed E-state index contributed by atoms with van der Waals surface area (Å²) < 4.78 is 0. The van der Waals surface area contributed by atoms with Crippen molar-refractivity contribution in [3.8, 4) is 11.1 Å². The number of rotatable bonds is 5. The average molecular weight is 308 g/mol. The van der Waals surface area contributed by atoms with Crippen molar-refractivity contribution < 1.29 is 4.79 Å². The van der Waals surface area contributed by atoms with Gasteiger partial charge in [0.1, 0.15) is 0 Å². The number of hydrogen-bond donors (Lipinski definition) is 1. The normalized spacial score (nSPS) is 16.2. The molecule has 1 aliphatic rings. The third-order valence-corrected chi connectivity index (χ3v) is 4.71. The zero-order chi connectivity index (χ0) is 16.1. The maximum atomic E-state index is 12.2. The van der Waals surface area contributed by atoms with E-state index in [1.807, 2.05) is 18.3 Å². The zero-order valence-electron chi connectivity index (χ0n) is 13.7. The summed E-state index contributed by atoms with van der Waals surface area (Å²) in [4.78, 5) is 16.4. The molecule has 1 fully saturated rings. The van der Waals surface area contributed by atoms with Crippen LogP contribution < -0.4 is 5.32 Å². The Hall–Kier alpha value is -2.16. The first-order chi connectivity index (χ1) is 11.2. The van der Waals surface area contributed by atoms with Gasteiger partial charge in [-0.05, 0) is 54.5 Å². The van der Waals surface area contributed by atoms with Crippen LogP contribution in [0.4, 0.5) is 0 Å². The van der Waals surface area contributed by atoms with E-state index in [-0.39, 0.29) is 11.9 Å². The smallest absolute Gasteiger partial charge is 0.220 e. The summed E-state index contributed by atoms with van der Waals surface area (Å²) in [5.41, 5.74) is 3.36. The van der Waals surface area contributed by atoms with Crippen LogP contribution in [0.2, 0.25) is 0 Å². The molecular formula is C20H24N2O. The molecule has 2 aromatic rings. The number of amides is 1. The maximum Gasteiger partial charge on any atom is 0.220 e. The minimum atomic E-state index is 0.0283. The second-order valence-corrected chi connectivity index (χ2v) is 6.51. The van der Waals surface area contributed by atoms with Crippen molar-refractivity contribution in [3.63, 3.8) is 0 Å². The number of carbonyl (C=O) groups is 1. The standard InChI is InChI=1S/C20H24N2O/c1-15(22-20(23)12-16-6-2-3-7-16)17-8-4-9-18(13-17)19-10-5-11-21-14-19/h4-5,8-11,13-16H,2-3,6-7,12H2,1H3,(H,22,23). The third-order valence-electron chi connectivity index (χ3n) is 4.71. The van der Waals surface area contributed by atoms with Gasteiger partial charge in [0.05, 0.1) is 6.04 Å². The number of aromatic nitrogens is 1. The molecule has 1 amide bonds. The SMILES string of the molecule is CC(NC(=O)CC1CCCC1)c1cccc(-c2cccnc2)c1. The van der Waals surface area contributed by atoms with Crippen LogP contribution in [0.1, 0.15) is 50.6 Å². The molecule has 120 valence electrons. The Morgan fingerprint density at radius 3 is 2.74 bits per heavy atom. The van der Waals surface area contributed by atoms with Gasteiger partial charge in [0, 0.05) is 18.8 Å². The van der Waals surface area contributed by atoms with E-state index in [9.17, 15) is 4.79 Å². The molecule has 3 heteroatoms. The fourth-order valence-electron chi connectivity index (χ4n) is 3.38. The van der Waals surface area contributed by atoms with Gasteiger partial charge >= 0.3 is 0 Å². The highest BCUT2D eigenvalue weighted by Crippen LogP contribution is 2.28. The van der Waals surface area contributed by atoms with Crippen LogP contribution in [0.5, 0.6) is 0 Å². The third kappa shape index (κ3) is 4.19.